The van der Waals surface area contributed by atoms with Gasteiger partial charge in [0.05, 0.1) is 10.9 Å². The van der Waals surface area contributed by atoms with Crippen molar-refractivity contribution in [3.63, 3.8) is 0 Å². The molecule has 0 atom stereocenters. The molecule has 0 spiro atoms. The molecule has 0 saturated carbocycles. The molecule has 144 valence electrons. The van der Waals surface area contributed by atoms with Gasteiger partial charge < -0.3 is 5.32 Å². The van der Waals surface area contributed by atoms with E-state index in [4.69, 9.17) is 0 Å². The molecule has 28 heavy (non-hydrogen) atoms. The minimum atomic E-state index is -3.87. The largest absolute Gasteiger partial charge is 0.355 e. The van der Waals surface area contributed by atoms with Gasteiger partial charge in [0, 0.05) is 12.6 Å². The molecule has 0 saturated heterocycles. The molecule has 0 heterocycles. The molecule has 3 aromatic carbocycles. The molecule has 0 aliphatic heterocycles. The Morgan fingerprint density at radius 2 is 1.39 bits per heavy atom. The van der Waals surface area contributed by atoms with E-state index in [9.17, 15) is 13.2 Å². The van der Waals surface area contributed by atoms with Crippen LogP contribution in [-0.2, 0) is 10.0 Å². The van der Waals surface area contributed by atoms with Gasteiger partial charge in [0.2, 0.25) is 10.0 Å². The molecule has 1 amide bonds. The van der Waals surface area contributed by atoms with Crippen LogP contribution >= 0.6 is 0 Å². The van der Waals surface area contributed by atoms with E-state index in [1.54, 1.807) is 13.0 Å². The third-order valence-electron chi connectivity index (χ3n) is 4.53. The first-order valence-corrected chi connectivity index (χ1v) is 10.4. The summed E-state index contributed by atoms with van der Waals surface area (Å²) in [6.07, 6.45) is 0. The molecule has 0 unspecified atom stereocenters. The lowest BCUT2D eigenvalue weighted by Crippen LogP contribution is -2.30. The molecule has 3 aromatic rings. The number of nitrogens with one attached hydrogen (secondary N) is 2. The summed E-state index contributed by atoms with van der Waals surface area (Å²) in [5.74, 6) is -0.322. The number of hydrogen-bond donors (Lipinski definition) is 2. The van der Waals surface area contributed by atoms with Crippen molar-refractivity contribution in [2.45, 2.75) is 17.9 Å². The van der Waals surface area contributed by atoms with Crippen molar-refractivity contribution < 1.29 is 13.2 Å². The van der Waals surface area contributed by atoms with Crippen LogP contribution in [0.4, 0.5) is 0 Å². The fourth-order valence-corrected chi connectivity index (χ4v) is 4.23. The zero-order valence-electron chi connectivity index (χ0n) is 15.7. The molecular weight excluding hydrogens is 372 g/mol. The molecule has 6 heteroatoms. The standard InChI is InChI=1S/C22H22N2O3S/c1-16-13-14-19(15-20(16)22(25)23-2)28(26,27)24-21(17-9-5-3-6-10-17)18-11-7-4-8-12-18/h3-15,21,24H,1-2H3,(H,23,25). The second kappa shape index (κ2) is 8.37. The van der Waals surface area contributed by atoms with Crippen LogP contribution in [-0.4, -0.2) is 21.4 Å². The SMILES string of the molecule is CNC(=O)c1cc(S(=O)(=O)NC(c2ccccc2)c2ccccc2)ccc1C. The van der Waals surface area contributed by atoms with E-state index in [-0.39, 0.29) is 10.8 Å². The molecule has 5 nitrogen and oxygen atoms in total. The first kappa shape index (κ1) is 19.8. The van der Waals surface area contributed by atoms with Crippen molar-refractivity contribution in [3.8, 4) is 0 Å². The summed E-state index contributed by atoms with van der Waals surface area (Å²) >= 11 is 0. The first-order valence-electron chi connectivity index (χ1n) is 8.87. The fourth-order valence-electron chi connectivity index (χ4n) is 2.99. The van der Waals surface area contributed by atoms with Gasteiger partial charge >= 0.3 is 0 Å². The summed E-state index contributed by atoms with van der Waals surface area (Å²) in [6.45, 7) is 1.77. The number of carbonyl (C=O) groups is 1. The third kappa shape index (κ3) is 4.30. The number of amides is 1. The summed E-state index contributed by atoms with van der Waals surface area (Å²) in [4.78, 5) is 12.1. The lowest BCUT2D eigenvalue weighted by Gasteiger charge is -2.20. The van der Waals surface area contributed by atoms with Gasteiger partial charge in [0.15, 0.2) is 0 Å². The third-order valence-corrected chi connectivity index (χ3v) is 5.95. The number of rotatable bonds is 6. The van der Waals surface area contributed by atoms with Crippen molar-refractivity contribution in [3.05, 3.63) is 101 Å². The van der Waals surface area contributed by atoms with Crippen LogP contribution in [0.3, 0.4) is 0 Å². The second-order valence-electron chi connectivity index (χ2n) is 6.43. The molecule has 3 rings (SSSR count). The molecule has 0 aliphatic carbocycles. The number of carbonyl (C=O) groups excluding carboxylic acids is 1. The van der Waals surface area contributed by atoms with Crippen LogP contribution in [0.1, 0.15) is 33.1 Å². The Kier molecular flexibility index (Phi) is 5.92. The quantitative estimate of drug-likeness (QED) is 0.673. The number of benzene rings is 3. The van der Waals surface area contributed by atoms with E-state index < -0.39 is 16.1 Å². The lowest BCUT2D eigenvalue weighted by atomic mass is 10.00. The molecular formula is C22H22N2O3S. The summed E-state index contributed by atoms with van der Waals surface area (Å²) in [5.41, 5.74) is 2.70. The molecule has 0 radical (unpaired) electrons. The highest BCUT2D eigenvalue weighted by Crippen LogP contribution is 2.25. The van der Waals surface area contributed by atoms with Crippen molar-refractivity contribution in [2.24, 2.45) is 0 Å². The van der Waals surface area contributed by atoms with E-state index in [2.05, 4.69) is 10.0 Å². The van der Waals surface area contributed by atoms with Crippen LogP contribution in [0, 0.1) is 6.92 Å². The van der Waals surface area contributed by atoms with Crippen LogP contribution in [0.25, 0.3) is 0 Å². The van der Waals surface area contributed by atoms with Gasteiger partial charge in [-0.3, -0.25) is 4.79 Å². The van der Waals surface area contributed by atoms with Crippen LogP contribution < -0.4 is 10.0 Å². The monoisotopic (exact) mass is 394 g/mol. The highest BCUT2D eigenvalue weighted by atomic mass is 32.2. The highest BCUT2D eigenvalue weighted by molar-refractivity contribution is 7.89. The van der Waals surface area contributed by atoms with E-state index in [1.807, 2.05) is 60.7 Å². The minimum absolute atomic E-state index is 0.0496. The Morgan fingerprint density at radius 3 is 1.89 bits per heavy atom. The van der Waals surface area contributed by atoms with Crippen LogP contribution in [0.5, 0.6) is 0 Å². The fraction of sp³-hybridized carbons (Fsp3) is 0.136. The van der Waals surface area contributed by atoms with Crippen molar-refractivity contribution >= 4 is 15.9 Å². The first-order chi connectivity index (χ1) is 13.4. The maximum atomic E-state index is 13.1. The lowest BCUT2D eigenvalue weighted by molar-refractivity contribution is 0.0962. The molecule has 2 N–H and O–H groups in total. The molecule has 0 bridgehead atoms. The Morgan fingerprint density at radius 1 is 0.857 bits per heavy atom. The van der Waals surface area contributed by atoms with Crippen molar-refractivity contribution in [1.29, 1.82) is 0 Å². The van der Waals surface area contributed by atoms with Gasteiger partial charge in [-0.1, -0.05) is 66.7 Å². The van der Waals surface area contributed by atoms with Gasteiger partial charge in [0.25, 0.3) is 5.91 Å². The van der Waals surface area contributed by atoms with Crippen LogP contribution in [0.15, 0.2) is 83.8 Å². The molecule has 0 fully saturated rings. The zero-order chi connectivity index (χ0) is 20.1. The summed E-state index contributed by atoms with van der Waals surface area (Å²) in [7, 11) is -2.35. The van der Waals surface area contributed by atoms with E-state index in [1.165, 1.54) is 19.2 Å². The Hall–Kier alpha value is -2.96. The number of sulfonamides is 1. The average molecular weight is 394 g/mol. The minimum Gasteiger partial charge on any atom is -0.355 e. The zero-order valence-corrected chi connectivity index (χ0v) is 16.5. The Bertz CT molecular complexity index is 1030. The maximum Gasteiger partial charge on any atom is 0.251 e. The second-order valence-corrected chi connectivity index (χ2v) is 8.15. The number of hydrogen-bond acceptors (Lipinski definition) is 3. The van der Waals surface area contributed by atoms with Gasteiger partial charge in [0.1, 0.15) is 0 Å². The average Bonchev–Trinajstić information content (AvgIpc) is 2.73. The van der Waals surface area contributed by atoms with Gasteiger partial charge in [-0.25, -0.2) is 8.42 Å². The summed E-state index contributed by atoms with van der Waals surface area (Å²) in [6, 6.07) is 22.8. The van der Waals surface area contributed by atoms with E-state index >= 15 is 0 Å². The van der Waals surface area contributed by atoms with Gasteiger partial charge in [-0.2, -0.15) is 4.72 Å². The maximum absolute atomic E-state index is 13.1. The Labute approximate surface area is 165 Å². The van der Waals surface area contributed by atoms with Crippen molar-refractivity contribution in [2.75, 3.05) is 7.05 Å². The molecule has 0 aromatic heterocycles. The predicted molar refractivity (Wildman–Crippen MR) is 110 cm³/mol. The van der Waals surface area contributed by atoms with Gasteiger partial charge in [-0.15, -0.1) is 0 Å². The smallest absolute Gasteiger partial charge is 0.251 e. The van der Waals surface area contributed by atoms with Gasteiger partial charge in [-0.05, 0) is 35.7 Å². The predicted octanol–water partition coefficient (Wildman–Crippen LogP) is 3.42. The van der Waals surface area contributed by atoms with E-state index in [0.717, 1.165) is 11.1 Å². The molecule has 0 aliphatic rings. The van der Waals surface area contributed by atoms with Crippen LogP contribution in [0.2, 0.25) is 0 Å². The highest BCUT2D eigenvalue weighted by Gasteiger charge is 2.24. The summed E-state index contributed by atoms with van der Waals surface area (Å²) in [5, 5.41) is 2.54. The normalized spacial score (nSPS) is 11.4. The van der Waals surface area contributed by atoms with E-state index in [0.29, 0.717) is 11.1 Å². The number of aryl methyl sites for hydroxylation is 1. The summed E-state index contributed by atoms with van der Waals surface area (Å²) < 4.78 is 29.0. The topological polar surface area (TPSA) is 75.3 Å². The Balaban J connectivity index is 2.02. The van der Waals surface area contributed by atoms with Crippen molar-refractivity contribution in [1.82, 2.24) is 10.0 Å².